The summed E-state index contributed by atoms with van der Waals surface area (Å²) in [5, 5.41) is 0. The highest BCUT2D eigenvalue weighted by molar-refractivity contribution is 6.51. The van der Waals surface area contributed by atoms with Gasteiger partial charge in [-0.05, 0) is 75.2 Å². The quantitative estimate of drug-likeness (QED) is 0.411. The Morgan fingerprint density at radius 2 is 1.17 bits per heavy atom. The van der Waals surface area contributed by atoms with Crippen molar-refractivity contribution < 1.29 is 28.1 Å². The molecule has 2 saturated heterocycles. The van der Waals surface area contributed by atoms with E-state index in [0.29, 0.717) is 6.61 Å². The predicted molar refractivity (Wildman–Crippen MR) is 128 cm³/mol. The van der Waals surface area contributed by atoms with Gasteiger partial charge >= 0.3 is 14.8 Å². The molecule has 0 unspecified atom stereocenters. The molecule has 0 atom stereocenters. The van der Waals surface area contributed by atoms with Gasteiger partial charge in [-0.1, -0.05) is 21.4 Å². The second-order valence-corrected chi connectivity index (χ2v) is 8.38. The highest BCUT2D eigenvalue weighted by Crippen LogP contribution is 2.36. The van der Waals surface area contributed by atoms with Gasteiger partial charge in [-0.15, -0.1) is 0 Å². The molecule has 0 amide bonds. The largest absolute Gasteiger partial charge is 0.502 e. The molecule has 8 heteroatoms. The van der Waals surface area contributed by atoms with Crippen molar-refractivity contribution in [3.05, 3.63) is 25.1 Å². The third-order valence-electron chi connectivity index (χ3n) is 5.19. The Balaban J connectivity index is -0.000000395. The first kappa shape index (κ1) is 33.7. The first-order chi connectivity index (χ1) is 12.8. The lowest BCUT2D eigenvalue weighted by Crippen LogP contribution is -2.41. The predicted octanol–water partition coefficient (Wildman–Crippen LogP) is 5.73. The van der Waals surface area contributed by atoms with Crippen molar-refractivity contribution in [2.24, 2.45) is 0 Å². The lowest BCUT2D eigenvalue weighted by Gasteiger charge is -2.32. The van der Waals surface area contributed by atoms with E-state index in [1.54, 1.807) is 12.2 Å². The standard InChI is InChI=1S/C10H19BO3.C6H12BO2.C4H8O.2CH4/c1-6-12-8-7-11-13-9(2,3)10(4,5)14-11;1-5(2)6(3,4)9-7-8-5;1-3-5-4-2;;/h7-8H,6H2,1-5H3;1-4H3;3H,1,4H2,2H3;2*1H4. The number of ether oxygens (including phenoxy) is 2. The molecule has 6 nitrogen and oxygen atoms in total. The van der Waals surface area contributed by atoms with E-state index in [4.69, 9.17) is 23.4 Å². The Morgan fingerprint density at radius 3 is 1.40 bits per heavy atom. The van der Waals surface area contributed by atoms with Crippen LogP contribution < -0.4 is 0 Å². The van der Waals surface area contributed by atoms with Crippen LogP contribution in [-0.2, 0) is 28.1 Å². The molecule has 2 rings (SSSR count). The minimum Gasteiger partial charge on any atom is -0.502 e. The van der Waals surface area contributed by atoms with Crippen LogP contribution in [0.5, 0.6) is 0 Å². The Bertz CT molecular complexity index is 460. The third kappa shape index (κ3) is 10.4. The fraction of sp³-hybridized carbons (Fsp3) is 0.818. The molecule has 0 aromatic heterocycles. The average molecular weight is 429 g/mol. The summed E-state index contributed by atoms with van der Waals surface area (Å²) in [4.78, 5) is 0. The van der Waals surface area contributed by atoms with Crippen molar-refractivity contribution in [3.8, 4) is 0 Å². The van der Waals surface area contributed by atoms with E-state index < -0.39 is 0 Å². The maximum atomic E-state index is 5.72. The SMILES string of the molecule is C.C.C=COCC.CC1(C)O[B]OC1(C)C.CCOC=CB1OC(C)(C)C(C)(C)O1. The molecule has 0 aromatic rings. The lowest BCUT2D eigenvalue weighted by atomic mass is 9.90. The van der Waals surface area contributed by atoms with Crippen molar-refractivity contribution >= 4 is 14.8 Å². The Morgan fingerprint density at radius 1 is 0.767 bits per heavy atom. The normalized spacial score (nSPS) is 21.5. The highest BCUT2D eigenvalue weighted by Gasteiger charge is 2.50. The summed E-state index contributed by atoms with van der Waals surface area (Å²) >= 11 is 0. The number of hydrogen-bond donors (Lipinski definition) is 0. The van der Waals surface area contributed by atoms with Crippen molar-refractivity contribution in [3.63, 3.8) is 0 Å². The van der Waals surface area contributed by atoms with Crippen molar-refractivity contribution in [1.82, 2.24) is 0 Å². The molecule has 2 fully saturated rings. The van der Waals surface area contributed by atoms with Gasteiger partial charge in [0.15, 0.2) is 0 Å². The van der Waals surface area contributed by atoms with E-state index >= 15 is 0 Å². The van der Waals surface area contributed by atoms with Gasteiger partial charge in [0, 0.05) is 0 Å². The molecule has 0 aromatic carbocycles. The maximum Gasteiger partial charge on any atom is 0.490 e. The zero-order valence-electron chi connectivity index (χ0n) is 19.5. The highest BCUT2D eigenvalue weighted by atomic mass is 16.7. The van der Waals surface area contributed by atoms with Gasteiger partial charge in [-0.3, -0.25) is 0 Å². The molecule has 177 valence electrons. The van der Waals surface area contributed by atoms with Gasteiger partial charge in [0.25, 0.3) is 0 Å². The first-order valence-corrected chi connectivity index (χ1v) is 9.80. The van der Waals surface area contributed by atoms with E-state index in [-0.39, 0.29) is 44.4 Å². The van der Waals surface area contributed by atoms with E-state index in [0.717, 1.165) is 6.61 Å². The van der Waals surface area contributed by atoms with Gasteiger partial charge in [0.05, 0.1) is 48.1 Å². The first-order valence-electron chi connectivity index (χ1n) is 9.80. The number of rotatable bonds is 5. The topological polar surface area (TPSA) is 55.4 Å². The van der Waals surface area contributed by atoms with Crippen LogP contribution in [0.4, 0.5) is 0 Å². The van der Waals surface area contributed by atoms with Gasteiger partial charge in [-0.2, -0.15) is 0 Å². The van der Waals surface area contributed by atoms with Crippen molar-refractivity contribution in [2.45, 2.75) is 106 Å². The van der Waals surface area contributed by atoms with Crippen molar-refractivity contribution in [1.29, 1.82) is 0 Å². The molecule has 2 heterocycles. The molecule has 1 radical (unpaired) electrons. The molecule has 0 bridgehead atoms. The Labute approximate surface area is 188 Å². The second kappa shape index (κ2) is 14.2. The minimum absolute atomic E-state index is 0. The second-order valence-electron chi connectivity index (χ2n) is 8.38. The van der Waals surface area contributed by atoms with E-state index in [2.05, 4.69) is 11.3 Å². The lowest BCUT2D eigenvalue weighted by molar-refractivity contribution is 0.00578. The van der Waals surface area contributed by atoms with Gasteiger partial charge in [0.2, 0.25) is 0 Å². The molecule has 0 saturated carbocycles. The fourth-order valence-corrected chi connectivity index (χ4v) is 1.85. The van der Waals surface area contributed by atoms with Crippen molar-refractivity contribution in [2.75, 3.05) is 13.2 Å². The Hall–Kier alpha value is -0.950. The van der Waals surface area contributed by atoms with Crippen LogP contribution in [0.25, 0.3) is 0 Å². The van der Waals surface area contributed by atoms with Crippen LogP contribution >= 0.6 is 0 Å². The van der Waals surface area contributed by atoms with Crippen LogP contribution in [0.3, 0.4) is 0 Å². The smallest absolute Gasteiger partial charge is 0.490 e. The van der Waals surface area contributed by atoms with Gasteiger partial charge in [-0.25, -0.2) is 0 Å². The van der Waals surface area contributed by atoms with Crippen LogP contribution in [0.15, 0.2) is 25.1 Å². The summed E-state index contributed by atoms with van der Waals surface area (Å²) in [5.74, 6) is 1.79. The molecular weight excluding hydrogens is 382 g/mol. The van der Waals surface area contributed by atoms with Crippen LogP contribution in [-0.4, -0.2) is 50.4 Å². The molecule has 2 aliphatic rings. The van der Waals surface area contributed by atoms with E-state index in [1.807, 2.05) is 69.2 Å². The third-order valence-corrected chi connectivity index (χ3v) is 5.19. The minimum atomic E-state index is -0.299. The average Bonchev–Trinajstić information content (AvgIpc) is 2.91. The molecule has 2 aliphatic heterocycles. The molecular formula is C22H47B2O6. The molecule has 30 heavy (non-hydrogen) atoms. The summed E-state index contributed by atoms with van der Waals surface area (Å²) < 4.78 is 31.5. The fourth-order valence-electron chi connectivity index (χ4n) is 1.85. The van der Waals surface area contributed by atoms with Gasteiger partial charge < -0.3 is 28.1 Å². The summed E-state index contributed by atoms with van der Waals surface area (Å²) in [5.41, 5.74) is -0.914. The zero-order valence-corrected chi connectivity index (χ0v) is 19.5. The molecule has 0 aliphatic carbocycles. The summed E-state index contributed by atoms with van der Waals surface area (Å²) in [6.45, 7) is 24.7. The van der Waals surface area contributed by atoms with Crippen LogP contribution in [0, 0.1) is 0 Å². The van der Waals surface area contributed by atoms with E-state index in [1.165, 1.54) is 13.9 Å². The maximum absolute atomic E-state index is 5.72. The summed E-state index contributed by atoms with van der Waals surface area (Å²) in [7, 11) is 1.12. The van der Waals surface area contributed by atoms with Gasteiger partial charge in [0.1, 0.15) is 0 Å². The summed E-state index contributed by atoms with van der Waals surface area (Å²) in [6, 6.07) is 0. The molecule has 0 N–H and O–H groups in total. The molecule has 0 spiro atoms. The van der Waals surface area contributed by atoms with Crippen LogP contribution in [0.2, 0.25) is 0 Å². The van der Waals surface area contributed by atoms with E-state index in [9.17, 15) is 0 Å². The summed E-state index contributed by atoms with van der Waals surface area (Å²) in [6.07, 6.45) is 3.06. The zero-order chi connectivity index (χ0) is 22.1. The number of hydrogen-bond acceptors (Lipinski definition) is 6. The monoisotopic (exact) mass is 429 g/mol. The van der Waals surface area contributed by atoms with Crippen LogP contribution in [0.1, 0.15) is 84.1 Å². The Kier molecular flexibility index (Phi) is 15.9.